The van der Waals surface area contributed by atoms with E-state index in [4.69, 9.17) is 11.5 Å². The third-order valence-electron chi connectivity index (χ3n) is 2.10. The molecule has 0 fully saturated rings. The molecule has 0 aliphatic carbocycles. The Morgan fingerprint density at radius 3 is 2.80 bits per heavy atom. The van der Waals surface area contributed by atoms with Crippen molar-refractivity contribution < 1.29 is 14.6 Å². The van der Waals surface area contributed by atoms with Crippen LogP contribution in [0.1, 0.15) is 22.0 Å². The van der Waals surface area contributed by atoms with Crippen LogP contribution >= 0.6 is 0 Å². The largest absolute Gasteiger partial charge is 0.508 e. The summed E-state index contributed by atoms with van der Waals surface area (Å²) in [5.41, 5.74) is 11.8. The molecular weight excluding hydrogens is 196 g/mol. The molecule has 5 nitrogen and oxygen atoms in total. The molecule has 0 heterocycles. The molecule has 0 saturated heterocycles. The second kappa shape index (κ2) is 4.77. The third-order valence-corrected chi connectivity index (χ3v) is 2.10. The smallest absolute Gasteiger partial charge is 0.337 e. The van der Waals surface area contributed by atoms with Gasteiger partial charge in [0.2, 0.25) is 0 Å². The number of hydrogen-bond donors (Lipinski definition) is 3. The molecule has 0 aromatic heterocycles. The summed E-state index contributed by atoms with van der Waals surface area (Å²) in [7, 11) is 1.29. The van der Waals surface area contributed by atoms with Gasteiger partial charge in [0.25, 0.3) is 0 Å². The van der Waals surface area contributed by atoms with Crippen LogP contribution in [0.2, 0.25) is 0 Å². The average molecular weight is 210 g/mol. The van der Waals surface area contributed by atoms with Crippen LogP contribution < -0.4 is 11.5 Å². The number of phenolic OH excluding ortho intramolecular Hbond substituents is 1. The number of benzene rings is 1. The lowest BCUT2D eigenvalue weighted by Crippen LogP contribution is -2.21. The minimum Gasteiger partial charge on any atom is -0.508 e. The normalized spacial score (nSPS) is 12.2. The van der Waals surface area contributed by atoms with E-state index in [0.29, 0.717) is 11.1 Å². The van der Waals surface area contributed by atoms with Gasteiger partial charge in [-0.25, -0.2) is 4.79 Å². The first-order chi connectivity index (χ1) is 7.10. The molecule has 1 rings (SSSR count). The maximum absolute atomic E-state index is 11.2. The fourth-order valence-corrected chi connectivity index (χ4v) is 1.22. The van der Waals surface area contributed by atoms with Crippen molar-refractivity contribution in [2.75, 3.05) is 13.7 Å². The van der Waals surface area contributed by atoms with Crippen LogP contribution in [0.25, 0.3) is 0 Å². The topological polar surface area (TPSA) is 98.6 Å². The Morgan fingerprint density at radius 2 is 2.27 bits per heavy atom. The molecule has 0 spiro atoms. The van der Waals surface area contributed by atoms with Gasteiger partial charge in [-0.05, 0) is 18.2 Å². The van der Waals surface area contributed by atoms with Gasteiger partial charge in [0.05, 0.1) is 12.7 Å². The third kappa shape index (κ3) is 2.45. The van der Waals surface area contributed by atoms with Gasteiger partial charge in [-0.1, -0.05) is 0 Å². The number of carbonyl (C=O) groups is 1. The minimum atomic E-state index is -0.491. The monoisotopic (exact) mass is 210 g/mol. The Kier molecular flexibility index (Phi) is 3.65. The summed E-state index contributed by atoms with van der Waals surface area (Å²) in [6.07, 6.45) is 0. The molecule has 0 saturated carbocycles. The van der Waals surface area contributed by atoms with Crippen LogP contribution in [-0.2, 0) is 4.74 Å². The second-order valence-corrected chi connectivity index (χ2v) is 3.11. The highest BCUT2D eigenvalue weighted by Gasteiger charge is 2.13. The van der Waals surface area contributed by atoms with E-state index in [1.54, 1.807) is 0 Å². The van der Waals surface area contributed by atoms with Gasteiger partial charge in [-0.15, -0.1) is 0 Å². The van der Waals surface area contributed by atoms with Crippen LogP contribution in [0.5, 0.6) is 5.75 Å². The van der Waals surface area contributed by atoms with Gasteiger partial charge in [0, 0.05) is 18.2 Å². The molecule has 1 aromatic carbocycles. The SMILES string of the molecule is COC(=O)c1ccc(O)c([C@@H](N)CN)c1. The number of carbonyl (C=O) groups excluding carboxylic acids is 1. The van der Waals surface area contributed by atoms with E-state index >= 15 is 0 Å². The highest BCUT2D eigenvalue weighted by molar-refractivity contribution is 5.89. The Hall–Kier alpha value is -1.59. The highest BCUT2D eigenvalue weighted by atomic mass is 16.5. The highest BCUT2D eigenvalue weighted by Crippen LogP contribution is 2.23. The van der Waals surface area contributed by atoms with Gasteiger partial charge in [0.15, 0.2) is 0 Å². The summed E-state index contributed by atoms with van der Waals surface area (Å²) in [6, 6.07) is 3.86. The van der Waals surface area contributed by atoms with Crippen molar-refractivity contribution >= 4 is 5.97 Å². The van der Waals surface area contributed by atoms with Crippen molar-refractivity contribution in [2.24, 2.45) is 11.5 Å². The molecule has 5 N–H and O–H groups in total. The summed E-state index contributed by atoms with van der Waals surface area (Å²) in [6.45, 7) is 0.193. The Balaban J connectivity index is 3.10. The van der Waals surface area contributed by atoms with Crippen molar-refractivity contribution in [3.05, 3.63) is 29.3 Å². The van der Waals surface area contributed by atoms with Gasteiger partial charge < -0.3 is 21.3 Å². The zero-order chi connectivity index (χ0) is 11.4. The number of nitrogens with two attached hydrogens (primary N) is 2. The fourth-order valence-electron chi connectivity index (χ4n) is 1.22. The van der Waals surface area contributed by atoms with Crippen LogP contribution in [0.3, 0.4) is 0 Å². The van der Waals surface area contributed by atoms with E-state index in [-0.39, 0.29) is 12.3 Å². The molecule has 0 bridgehead atoms. The molecule has 1 atom stereocenters. The van der Waals surface area contributed by atoms with E-state index in [0.717, 1.165) is 0 Å². The molecule has 15 heavy (non-hydrogen) atoms. The number of aromatic hydroxyl groups is 1. The lowest BCUT2D eigenvalue weighted by atomic mass is 10.0. The minimum absolute atomic E-state index is 0.0283. The van der Waals surface area contributed by atoms with Crippen molar-refractivity contribution in [2.45, 2.75) is 6.04 Å². The maximum Gasteiger partial charge on any atom is 0.337 e. The number of esters is 1. The zero-order valence-corrected chi connectivity index (χ0v) is 8.43. The van der Waals surface area contributed by atoms with Crippen molar-refractivity contribution in [1.29, 1.82) is 0 Å². The predicted molar refractivity (Wildman–Crippen MR) is 55.4 cm³/mol. The van der Waals surface area contributed by atoms with E-state index in [1.165, 1.54) is 25.3 Å². The molecule has 0 radical (unpaired) electrons. The zero-order valence-electron chi connectivity index (χ0n) is 8.43. The van der Waals surface area contributed by atoms with Crippen LogP contribution in [0.4, 0.5) is 0 Å². The number of hydrogen-bond acceptors (Lipinski definition) is 5. The number of methoxy groups -OCH3 is 1. The first-order valence-electron chi connectivity index (χ1n) is 4.47. The molecule has 1 aromatic rings. The Labute approximate surface area is 87.6 Å². The molecule has 82 valence electrons. The standard InChI is InChI=1S/C10H14N2O3/c1-15-10(14)6-2-3-9(13)7(4-6)8(12)5-11/h2-4,8,13H,5,11-12H2,1H3/t8-/m0/s1. The quantitative estimate of drug-likeness (QED) is 0.616. The summed E-state index contributed by atoms with van der Waals surface area (Å²) < 4.78 is 4.55. The first kappa shape index (κ1) is 11.5. The Morgan fingerprint density at radius 1 is 1.60 bits per heavy atom. The van der Waals surface area contributed by atoms with Gasteiger partial charge in [-0.3, -0.25) is 0 Å². The second-order valence-electron chi connectivity index (χ2n) is 3.11. The van der Waals surface area contributed by atoms with Crippen LogP contribution in [0.15, 0.2) is 18.2 Å². The Bertz CT molecular complexity index is 366. The van der Waals surface area contributed by atoms with E-state index < -0.39 is 12.0 Å². The van der Waals surface area contributed by atoms with Crippen molar-refractivity contribution in [3.8, 4) is 5.75 Å². The van der Waals surface area contributed by atoms with E-state index in [1.807, 2.05) is 0 Å². The fraction of sp³-hybridized carbons (Fsp3) is 0.300. The predicted octanol–water partition coefficient (Wildman–Crippen LogP) is 0.137. The summed E-state index contributed by atoms with van der Waals surface area (Å²) in [5.74, 6) is -0.443. The summed E-state index contributed by atoms with van der Waals surface area (Å²) in [5, 5.41) is 9.50. The van der Waals surface area contributed by atoms with Gasteiger partial charge in [-0.2, -0.15) is 0 Å². The first-order valence-corrected chi connectivity index (χ1v) is 4.47. The van der Waals surface area contributed by atoms with Crippen LogP contribution in [-0.4, -0.2) is 24.7 Å². The average Bonchev–Trinajstić information content (AvgIpc) is 2.27. The molecule has 0 unspecified atom stereocenters. The number of rotatable bonds is 3. The van der Waals surface area contributed by atoms with Crippen molar-refractivity contribution in [1.82, 2.24) is 0 Å². The number of ether oxygens (including phenoxy) is 1. The molecule has 0 amide bonds. The molecule has 0 aliphatic heterocycles. The van der Waals surface area contributed by atoms with Crippen molar-refractivity contribution in [3.63, 3.8) is 0 Å². The maximum atomic E-state index is 11.2. The molecular formula is C10H14N2O3. The molecule has 5 heteroatoms. The lowest BCUT2D eigenvalue weighted by molar-refractivity contribution is 0.0600. The van der Waals surface area contributed by atoms with E-state index in [9.17, 15) is 9.90 Å². The number of phenols is 1. The summed E-state index contributed by atoms with van der Waals surface area (Å²) >= 11 is 0. The molecule has 0 aliphatic rings. The summed E-state index contributed by atoms with van der Waals surface area (Å²) in [4.78, 5) is 11.2. The lowest BCUT2D eigenvalue weighted by Gasteiger charge is -2.12. The van der Waals surface area contributed by atoms with Crippen LogP contribution in [0, 0.1) is 0 Å². The van der Waals surface area contributed by atoms with Gasteiger partial charge in [0.1, 0.15) is 5.75 Å². The van der Waals surface area contributed by atoms with Gasteiger partial charge >= 0.3 is 5.97 Å². The van der Waals surface area contributed by atoms with E-state index in [2.05, 4.69) is 4.74 Å².